The normalized spacial score (nSPS) is 10.3. The number of carboxylic acid groups (broad SMARTS) is 1. The summed E-state index contributed by atoms with van der Waals surface area (Å²) < 4.78 is 13.2. The van der Waals surface area contributed by atoms with E-state index in [9.17, 15) is 9.18 Å². The van der Waals surface area contributed by atoms with E-state index in [1.165, 1.54) is 12.1 Å². The molecule has 2 aromatic rings. The molecule has 0 heterocycles. The maximum Gasteiger partial charge on any atom is 0.338 e. The summed E-state index contributed by atoms with van der Waals surface area (Å²) in [4.78, 5) is 10.8. The zero-order chi connectivity index (χ0) is 14.7. The number of nitrogens with one attached hydrogen (secondary N) is 1. The molecule has 0 fully saturated rings. The quantitative estimate of drug-likeness (QED) is 0.877. The van der Waals surface area contributed by atoms with Crippen LogP contribution >= 0.6 is 23.2 Å². The highest BCUT2D eigenvalue weighted by Crippen LogP contribution is 2.23. The molecule has 0 unspecified atom stereocenters. The molecule has 2 aromatic carbocycles. The first-order valence-electron chi connectivity index (χ1n) is 5.68. The van der Waals surface area contributed by atoms with E-state index in [-0.39, 0.29) is 5.56 Å². The van der Waals surface area contributed by atoms with Gasteiger partial charge in [-0.1, -0.05) is 29.3 Å². The molecule has 0 bridgehead atoms. The van der Waals surface area contributed by atoms with Crippen LogP contribution in [0.1, 0.15) is 15.9 Å². The average molecular weight is 314 g/mol. The van der Waals surface area contributed by atoms with Crippen molar-refractivity contribution in [3.63, 3.8) is 0 Å². The number of halogens is 3. The number of carbonyl (C=O) groups is 1. The van der Waals surface area contributed by atoms with E-state index in [0.29, 0.717) is 22.3 Å². The molecule has 0 aromatic heterocycles. The summed E-state index contributed by atoms with van der Waals surface area (Å²) in [5, 5.41) is 12.7. The van der Waals surface area contributed by atoms with Crippen LogP contribution in [-0.2, 0) is 6.54 Å². The SMILES string of the molecule is O=C(O)c1cc(NCc2ccc(Cl)c(Cl)c2)ccc1F. The van der Waals surface area contributed by atoms with Crippen LogP contribution in [0.3, 0.4) is 0 Å². The second-order valence-electron chi connectivity index (χ2n) is 4.10. The topological polar surface area (TPSA) is 49.3 Å². The largest absolute Gasteiger partial charge is 0.478 e. The second kappa shape index (κ2) is 6.11. The van der Waals surface area contributed by atoms with E-state index in [1.807, 2.05) is 0 Å². The molecular formula is C14H10Cl2FNO2. The van der Waals surface area contributed by atoms with Crippen LogP contribution in [0.2, 0.25) is 10.0 Å². The van der Waals surface area contributed by atoms with E-state index in [4.69, 9.17) is 28.3 Å². The predicted octanol–water partition coefficient (Wildman–Crippen LogP) is 4.44. The van der Waals surface area contributed by atoms with E-state index in [1.54, 1.807) is 18.2 Å². The fourth-order valence-corrected chi connectivity index (χ4v) is 1.97. The number of carboxylic acids is 1. The summed E-state index contributed by atoms with van der Waals surface area (Å²) >= 11 is 11.7. The Labute approximate surface area is 124 Å². The van der Waals surface area contributed by atoms with Gasteiger partial charge < -0.3 is 10.4 Å². The molecule has 6 heteroatoms. The maximum absolute atomic E-state index is 13.2. The van der Waals surface area contributed by atoms with E-state index < -0.39 is 11.8 Å². The van der Waals surface area contributed by atoms with Gasteiger partial charge in [-0.25, -0.2) is 9.18 Å². The summed E-state index contributed by atoms with van der Waals surface area (Å²) in [6.07, 6.45) is 0. The Bertz CT molecular complexity index is 662. The van der Waals surface area contributed by atoms with Crippen molar-refractivity contribution in [2.24, 2.45) is 0 Å². The van der Waals surface area contributed by atoms with Gasteiger partial charge in [-0.05, 0) is 35.9 Å². The maximum atomic E-state index is 13.2. The zero-order valence-corrected chi connectivity index (χ0v) is 11.7. The van der Waals surface area contributed by atoms with Crippen LogP contribution in [0, 0.1) is 5.82 Å². The van der Waals surface area contributed by atoms with Crippen molar-refractivity contribution in [3.8, 4) is 0 Å². The minimum Gasteiger partial charge on any atom is -0.478 e. The molecule has 0 radical (unpaired) electrons. The highest BCUT2D eigenvalue weighted by molar-refractivity contribution is 6.42. The van der Waals surface area contributed by atoms with Gasteiger partial charge in [-0.15, -0.1) is 0 Å². The first-order chi connectivity index (χ1) is 9.47. The predicted molar refractivity (Wildman–Crippen MR) is 77.1 cm³/mol. The highest BCUT2D eigenvalue weighted by Gasteiger charge is 2.10. The molecule has 0 saturated carbocycles. The van der Waals surface area contributed by atoms with Crippen LogP contribution in [0.15, 0.2) is 36.4 Å². The first kappa shape index (κ1) is 14.6. The summed E-state index contributed by atoms with van der Waals surface area (Å²) in [5.41, 5.74) is 1.01. The lowest BCUT2D eigenvalue weighted by atomic mass is 10.1. The number of anilines is 1. The molecule has 2 rings (SSSR count). The van der Waals surface area contributed by atoms with Crippen molar-refractivity contribution < 1.29 is 14.3 Å². The fourth-order valence-electron chi connectivity index (χ4n) is 1.65. The van der Waals surface area contributed by atoms with Crippen molar-refractivity contribution in [1.29, 1.82) is 0 Å². The number of rotatable bonds is 4. The molecule has 0 atom stereocenters. The lowest BCUT2D eigenvalue weighted by Gasteiger charge is -2.08. The van der Waals surface area contributed by atoms with Crippen molar-refractivity contribution >= 4 is 34.9 Å². The number of benzene rings is 2. The zero-order valence-electron chi connectivity index (χ0n) is 10.2. The Morgan fingerprint density at radius 3 is 2.55 bits per heavy atom. The second-order valence-corrected chi connectivity index (χ2v) is 4.92. The molecular weight excluding hydrogens is 304 g/mol. The standard InChI is InChI=1S/C14H10Cl2FNO2/c15-11-3-1-8(5-12(11)16)7-18-9-2-4-13(17)10(6-9)14(19)20/h1-6,18H,7H2,(H,19,20). The molecule has 0 amide bonds. The number of hydrogen-bond acceptors (Lipinski definition) is 2. The lowest BCUT2D eigenvalue weighted by Crippen LogP contribution is -2.04. The minimum atomic E-state index is -1.30. The van der Waals surface area contributed by atoms with Crippen LogP contribution < -0.4 is 5.32 Å². The Kier molecular flexibility index (Phi) is 4.47. The van der Waals surface area contributed by atoms with Crippen LogP contribution in [0.25, 0.3) is 0 Å². The number of aromatic carboxylic acids is 1. The summed E-state index contributed by atoms with van der Waals surface area (Å²) in [5.74, 6) is -2.07. The lowest BCUT2D eigenvalue weighted by molar-refractivity contribution is 0.0692. The van der Waals surface area contributed by atoms with Crippen molar-refractivity contribution in [3.05, 3.63) is 63.4 Å². The van der Waals surface area contributed by atoms with Crippen molar-refractivity contribution in [1.82, 2.24) is 0 Å². The molecule has 104 valence electrons. The fraction of sp³-hybridized carbons (Fsp3) is 0.0714. The van der Waals surface area contributed by atoms with E-state index in [0.717, 1.165) is 11.6 Å². The Morgan fingerprint density at radius 2 is 1.90 bits per heavy atom. The van der Waals surface area contributed by atoms with Gasteiger partial charge in [0.15, 0.2) is 0 Å². The molecule has 0 aliphatic carbocycles. The molecule has 0 aliphatic rings. The van der Waals surface area contributed by atoms with Crippen molar-refractivity contribution in [2.45, 2.75) is 6.54 Å². The minimum absolute atomic E-state index is 0.371. The average Bonchev–Trinajstić information content (AvgIpc) is 2.41. The molecule has 0 spiro atoms. The van der Waals surface area contributed by atoms with Crippen LogP contribution in [0.4, 0.5) is 10.1 Å². The number of hydrogen-bond donors (Lipinski definition) is 2. The van der Waals surface area contributed by atoms with Gasteiger partial charge in [0.25, 0.3) is 0 Å². The van der Waals surface area contributed by atoms with Gasteiger partial charge in [0, 0.05) is 12.2 Å². The monoisotopic (exact) mass is 313 g/mol. The third-order valence-corrected chi connectivity index (χ3v) is 3.42. The smallest absolute Gasteiger partial charge is 0.338 e. The summed E-state index contributed by atoms with van der Waals surface area (Å²) in [6, 6.07) is 9.00. The van der Waals surface area contributed by atoms with Gasteiger partial charge in [0.1, 0.15) is 5.82 Å². The molecule has 0 saturated heterocycles. The molecule has 20 heavy (non-hydrogen) atoms. The Hall–Kier alpha value is -1.78. The van der Waals surface area contributed by atoms with Gasteiger partial charge in [0.2, 0.25) is 0 Å². The van der Waals surface area contributed by atoms with E-state index in [2.05, 4.69) is 5.32 Å². The van der Waals surface area contributed by atoms with Crippen molar-refractivity contribution in [2.75, 3.05) is 5.32 Å². The van der Waals surface area contributed by atoms with Crippen LogP contribution in [-0.4, -0.2) is 11.1 Å². The summed E-state index contributed by atoms with van der Waals surface area (Å²) in [7, 11) is 0. The highest BCUT2D eigenvalue weighted by atomic mass is 35.5. The van der Waals surface area contributed by atoms with Gasteiger partial charge in [0.05, 0.1) is 15.6 Å². The molecule has 0 aliphatic heterocycles. The van der Waals surface area contributed by atoms with Gasteiger partial charge >= 0.3 is 5.97 Å². The first-order valence-corrected chi connectivity index (χ1v) is 6.43. The summed E-state index contributed by atoms with van der Waals surface area (Å²) in [6.45, 7) is 0.418. The third-order valence-electron chi connectivity index (χ3n) is 2.68. The van der Waals surface area contributed by atoms with Crippen LogP contribution in [0.5, 0.6) is 0 Å². The Balaban J connectivity index is 2.12. The van der Waals surface area contributed by atoms with E-state index >= 15 is 0 Å². The third kappa shape index (κ3) is 3.40. The molecule has 3 nitrogen and oxygen atoms in total. The molecule has 2 N–H and O–H groups in total. The Morgan fingerprint density at radius 1 is 1.15 bits per heavy atom. The van der Waals surface area contributed by atoms with Gasteiger partial charge in [-0.2, -0.15) is 0 Å². The van der Waals surface area contributed by atoms with Gasteiger partial charge in [-0.3, -0.25) is 0 Å².